The van der Waals surface area contributed by atoms with E-state index in [4.69, 9.17) is 21.1 Å². The number of nitrogens with one attached hydrogen (secondary N) is 2. The molecule has 1 unspecified atom stereocenters. The Labute approximate surface area is 197 Å². The maximum absolute atomic E-state index is 11.8. The first-order valence-corrected chi connectivity index (χ1v) is 11.5. The normalized spacial score (nSPS) is 24.5. The minimum Gasteiger partial charge on any atom is -0.444 e. The van der Waals surface area contributed by atoms with Gasteiger partial charge in [-0.25, -0.2) is 9.78 Å². The Kier molecular flexibility index (Phi) is 6.37. The number of aromatic nitrogens is 1. The van der Waals surface area contributed by atoms with Crippen molar-refractivity contribution in [1.82, 2.24) is 10.3 Å². The Morgan fingerprint density at radius 2 is 2.06 bits per heavy atom. The Hall–Kier alpha value is -2.65. The lowest BCUT2D eigenvalue weighted by atomic mass is 9.69. The number of fused-ring (bicyclic) bond motifs is 1. The quantitative estimate of drug-likeness (QED) is 0.340. The van der Waals surface area contributed by atoms with Gasteiger partial charge in [0.25, 0.3) is 0 Å². The van der Waals surface area contributed by atoms with E-state index in [1.807, 2.05) is 32.9 Å². The van der Waals surface area contributed by atoms with Crippen LogP contribution in [0.25, 0.3) is 10.9 Å². The Bertz CT molecular complexity index is 1060. The van der Waals surface area contributed by atoms with Crippen molar-refractivity contribution in [3.8, 4) is 0 Å². The first kappa shape index (κ1) is 23.5. The molecular formula is C23H29ClN4O5. The zero-order valence-corrected chi connectivity index (χ0v) is 19.8. The van der Waals surface area contributed by atoms with Gasteiger partial charge in [-0.1, -0.05) is 29.8 Å². The van der Waals surface area contributed by atoms with Gasteiger partial charge in [0.1, 0.15) is 11.3 Å². The molecular weight excluding hydrogens is 448 g/mol. The Balaban J connectivity index is 1.33. The summed E-state index contributed by atoms with van der Waals surface area (Å²) in [5.41, 5.74) is 0.0577. The summed E-state index contributed by atoms with van der Waals surface area (Å²) in [4.78, 5) is 27.1. The monoisotopic (exact) mass is 476 g/mol. The van der Waals surface area contributed by atoms with Gasteiger partial charge in [-0.3, -0.25) is 10.1 Å². The molecule has 1 saturated carbocycles. The van der Waals surface area contributed by atoms with E-state index >= 15 is 0 Å². The van der Waals surface area contributed by atoms with E-state index in [2.05, 4.69) is 15.6 Å². The smallest absolute Gasteiger partial charge is 0.407 e. The summed E-state index contributed by atoms with van der Waals surface area (Å²) in [6, 6.07) is 7.19. The molecule has 10 heteroatoms. The number of rotatable bonds is 6. The summed E-state index contributed by atoms with van der Waals surface area (Å²) in [6.07, 6.45) is 3.09. The van der Waals surface area contributed by atoms with Gasteiger partial charge in [-0.15, -0.1) is 0 Å². The summed E-state index contributed by atoms with van der Waals surface area (Å²) in [5, 5.41) is 18.2. The predicted octanol–water partition coefficient (Wildman–Crippen LogP) is 5.06. The number of benzene rings is 1. The fraction of sp³-hybridized carbons (Fsp3) is 0.565. The number of pyridine rings is 1. The molecule has 0 bridgehead atoms. The van der Waals surface area contributed by atoms with Crippen molar-refractivity contribution in [1.29, 1.82) is 0 Å². The highest BCUT2D eigenvalue weighted by molar-refractivity contribution is 6.33. The Morgan fingerprint density at radius 3 is 2.76 bits per heavy atom. The third kappa shape index (κ3) is 5.30. The highest BCUT2D eigenvalue weighted by Gasteiger charge is 2.50. The van der Waals surface area contributed by atoms with Gasteiger partial charge in [0.2, 0.25) is 5.15 Å². The molecule has 1 aliphatic carbocycles. The number of amides is 1. The molecule has 2 aromatic rings. The molecule has 1 spiro atoms. The van der Waals surface area contributed by atoms with Crippen molar-refractivity contribution in [2.75, 3.05) is 18.4 Å². The second kappa shape index (κ2) is 8.95. The van der Waals surface area contributed by atoms with Crippen LogP contribution in [0.4, 0.5) is 16.2 Å². The molecule has 1 saturated heterocycles. The van der Waals surface area contributed by atoms with Gasteiger partial charge >= 0.3 is 11.8 Å². The lowest BCUT2D eigenvalue weighted by molar-refractivity contribution is -0.384. The van der Waals surface area contributed by atoms with E-state index in [0.29, 0.717) is 35.6 Å². The number of carbonyl (C=O) groups excluding carboxylic acids is 1. The molecule has 2 heterocycles. The molecule has 178 valence electrons. The highest BCUT2D eigenvalue weighted by Crippen LogP contribution is 2.49. The molecule has 1 amide bonds. The molecule has 2 N–H and O–H groups in total. The Morgan fingerprint density at radius 1 is 1.33 bits per heavy atom. The van der Waals surface area contributed by atoms with Crippen molar-refractivity contribution in [2.45, 2.75) is 63.8 Å². The number of anilines is 1. The number of hydrogen-bond acceptors (Lipinski definition) is 7. The number of halogens is 1. The second-order valence-electron chi connectivity index (χ2n) is 9.90. The van der Waals surface area contributed by atoms with E-state index < -0.39 is 16.6 Å². The summed E-state index contributed by atoms with van der Waals surface area (Å²) >= 11 is 6.12. The third-order valence-electron chi connectivity index (χ3n) is 6.11. The minimum absolute atomic E-state index is 0.0601. The molecule has 2 aliphatic rings. The third-order valence-corrected chi connectivity index (χ3v) is 6.37. The molecule has 1 aliphatic heterocycles. The van der Waals surface area contributed by atoms with Gasteiger partial charge in [0, 0.05) is 18.5 Å². The van der Waals surface area contributed by atoms with Crippen LogP contribution in [0.2, 0.25) is 5.15 Å². The van der Waals surface area contributed by atoms with Crippen LogP contribution in [0.5, 0.6) is 0 Å². The zero-order valence-electron chi connectivity index (χ0n) is 19.0. The van der Waals surface area contributed by atoms with Crippen molar-refractivity contribution in [3.05, 3.63) is 39.5 Å². The van der Waals surface area contributed by atoms with E-state index in [-0.39, 0.29) is 22.5 Å². The van der Waals surface area contributed by atoms with Crippen molar-refractivity contribution in [2.24, 2.45) is 5.92 Å². The number of carbonyl (C=O) groups is 1. The van der Waals surface area contributed by atoms with Crippen LogP contribution in [-0.2, 0) is 9.47 Å². The van der Waals surface area contributed by atoms with E-state index in [1.165, 1.54) is 0 Å². The van der Waals surface area contributed by atoms with Gasteiger partial charge in [0.05, 0.1) is 22.1 Å². The SMILES string of the molecule is CC(C)(C)OC(=O)NCC1CC2(CCC(CNc3c([N+](=O)[O-])c(Cl)nc4ccccc34)O2)C1. The van der Waals surface area contributed by atoms with Gasteiger partial charge in [-0.05, 0) is 58.4 Å². The summed E-state index contributed by atoms with van der Waals surface area (Å²) < 4.78 is 11.6. The summed E-state index contributed by atoms with van der Waals surface area (Å²) in [5.74, 6) is 0.355. The molecule has 1 aromatic carbocycles. The topological polar surface area (TPSA) is 116 Å². The number of hydrogen-bond donors (Lipinski definition) is 2. The molecule has 9 nitrogen and oxygen atoms in total. The van der Waals surface area contributed by atoms with E-state index in [0.717, 1.165) is 25.7 Å². The zero-order chi connectivity index (χ0) is 23.8. The lowest BCUT2D eigenvalue weighted by Gasteiger charge is -2.45. The average Bonchev–Trinajstić information content (AvgIpc) is 3.12. The second-order valence-corrected chi connectivity index (χ2v) is 10.3. The maximum atomic E-state index is 11.8. The molecule has 2 fully saturated rings. The van der Waals surface area contributed by atoms with Crippen LogP contribution in [0, 0.1) is 16.0 Å². The van der Waals surface area contributed by atoms with Crippen LogP contribution in [0.3, 0.4) is 0 Å². The maximum Gasteiger partial charge on any atom is 0.407 e. The molecule has 33 heavy (non-hydrogen) atoms. The van der Waals surface area contributed by atoms with E-state index in [1.54, 1.807) is 12.1 Å². The largest absolute Gasteiger partial charge is 0.444 e. The van der Waals surface area contributed by atoms with E-state index in [9.17, 15) is 14.9 Å². The van der Waals surface area contributed by atoms with Crippen molar-refractivity contribution in [3.63, 3.8) is 0 Å². The van der Waals surface area contributed by atoms with Gasteiger partial charge in [-0.2, -0.15) is 0 Å². The molecule has 1 atom stereocenters. The van der Waals surface area contributed by atoms with Crippen LogP contribution in [0.15, 0.2) is 24.3 Å². The predicted molar refractivity (Wildman–Crippen MR) is 126 cm³/mol. The number of nitrogens with zero attached hydrogens (tertiary/aromatic N) is 2. The number of alkyl carbamates (subject to hydrolysis) is 1. The molecule has 4 rings (SSSR count). The standard InChI is InChI=1S/C23H29ClN4O5/c1-22(2,3)33-21(29)26-12-14-10-23(11-14)9-8-15(32-23)13-25-18-16-6-4-5-7-17(16)27-20(24)19(18)28(30)31/h4-7,14-15H,8-13H2,1-3H3,(H,25,27)(H,26,29). The minimum atomic E-state index is -0.515. The lowest BCUT2D eigenvalue weighted by Crippen LogP contribution is -2.49. The van der Waals surface area contributed by atoms with Crippen LogP contribution in [-0.4, -0.2) is 46.4 Å². The average molecular weight is 477 g/mol. The fourth-order valence-electron chi connectivity index (χ4n) is 4.75. The van der Waals surface area contributed by atoms with Crippen molar-refractivity contribution < 1.29 is 19.2 Å². The van der Waals surface area contributed by atoms with Crippen LogP contribution < -0.4 is 10.6 Å². The summed E-state index contributed by atoms with van der Waals surface area (Å²) in [7, 11) is 0. The fourth-order valence-corrected chi connectivity index (χ4v) is 5.01. The van der Waals surface area contributed by atoms with Gasteiger partial charge in [0.15, 0.2) is 0 Å². The molecule has 1 aromatic heterocycles. The van der Waals surface area contributed by atoms with Gasteiger partial charge < -0.3 is 20.1 Å². The van der Waals surface area contributed by atoms with Crippen LogP contribution >= 0.6 is 11.6 Å². The van der Waals surface area contributed by atoms with Crippen LogP contribution in [0.1, 0.15) is 46.5 Å². The molecule has 0 radical (unpaired) electrons. The first-order chi connectivity index (χ1) is 15.6. The summed E-state index contributed by atoms with van der Waals surface area (Å²) in [6.45, 7) is 6.51. The highest BCUT2D eigenvalue weighted by atomic mass is 35.5. The first-order valence-electron chi connectivity index (χ1n) is 11.2. The van der Waals surface area contributed by atoms with Crippen molar-refractivity contribution >= 4 is 40.0 Å². The number of ether oxygens (including phenoxy) is 2. The number of para-hydroxylation sites is 1. The number of nitro groups is 1.